The highest BCUT2D eigenvalue weighted by molar-refractivity contribution is 9.10. The first-order valence-electron chi connectivity index (χ1n) is 6.34. The third-order valence-electron chi connectivity index (χ3n) is 3.12. The molecule has 1 aromatic carbocycles. The van der Waals surface area contributed by atoms with Crippen LogP contribution in [0.2, 0.25) is 0 Å². The molecule has 0 amide bonds. The van der Waals surface area contributed by atoms with E-state index in [4.69, 9.17) is 0 Å². The van der Waals surface area contributed by atoms with Gasteiger partial charge in [0, 0.05) is 17.1 Å². The number of sulfone groups is 1. The Morgan fingerprint density at radius 1 is 1.21 bits per heavy atom. The van der Waals surface area contributed by atoms with Gasteiger partial charge in [0.1, 0.15) is 0 Å². The lowest BCUT2D eigenvalue weighted by molar-refractivity contribution is 0.546. The van der Waals surface area contributed by atoms with Crippen molar-refractivity contribution in [3.63, 3.8) is 0 Å². The maximum Gasteiger partial charge on any atom is 0.156 e. The Morgan fingerprint density at radius 3 is 2.21 bits per heavy atom. The minimum Gasteiger partial charge on any atom is -0.309 e. The summed E-state index contributed by atoms with van der Waals surface area (Å²) in [4.78, 5) is 0. The number of rotatable bonds is 5. The molecule has 1 N–H and O–H groups in total. The van der Waals surface area contributed by atoms with Gasteiger partial charge in [-0.1, -0.05) is 28.1 Å². The Bertz CT molecular complexity index is 503. The van der Waals surface area contributed by atoms with Gasteiger partial charge in [-0.15, -0.1) is 0 Å². The van der Waals surface area contributed by atoms with Crippen LogP contribution in [0.15, 0.2) is 28.7 Å². The average Bonchev–Trinajstić information content (AvgIpc) is 2.28. The van der Waals surface area contributed by atoms with E-state index in [1.54, 1.807) is 20.8 Å². The Morgan fingerprint density at radius 2 is 1.74 bits per heavy atom. The van der Waals surface area contributed by atoms with Crippen LogP contribution in [0, 0.1) is 0 Å². The van der Waals surface area contributed by atoms with Crippen molar-refractivity contribution in [3.8, 4) is 0 Å². The summed E-state index contributed by atoms with van der Waals surface area (Å²) < 4.78 is 24.3. The summed E-state index contributed by atoms with van der Waals surface area (Å²) in [5.74, 6) is 0.164. The van der Waals surface area contributed by atoms with E-state index >= 15 is 0 Å². The highest BCUT2D eigenvalue weighted by Crippen LogP contribution is 2.18. The lowest BCUT2D eigenvalue weighted by Crippen LogP contribution is -2.35. The van der Waals surface area contributed by atoms with Crippen molar-refractivity contribution in [2.24, 2.45) is 0 Å². The summed E-state index contributed by atoms with van der Waals surface area (Å²) in [6.45, 7) is 7.71. The number of halogens is 1. The van der Waals surface area contributed by atoms with E-state index in [9.17, 15) is 8.42 Å². The van der Waals surface area contributed by atoms with Crippen LogP contribution in [0.3, 0.4) is 0 Å². The van der Waals surface area contributed by atoms with Gasteiger partial charge in [-0.05, 0) is 45.4 Å². The zero-order chi connectivity index (χ0) is 14.7. The molecular formula is C14H22BrNO2S. The molecule has 0 aliphatic heterocycles. The molecule has 0 heterocycles. The van der Waals surface area contributed by atoms with Crippen LogP contribution in [-0.4, -0.2) is 25.5 Å². The number of nitrogens with one attached hydrogen (secondary N) is 1. The zero-order valence-corrected chi connectivity index (χ0v) is 14.3. The van der Waals surface area contributed by atoms with Crippen LogP contribution in [0.25, 0.3) is 0 Å². The lowest BCUT2D eigenvalue weighted by Gasteiger charge is -2.20. The molecule has 0 aliphatic carbocycles. The first-order chi connectivity index (χ1) is 8.63. The fraction of sp³-hybridized carbons (Fsp3) is 0.571. The van der Waals surface area contributed by atoms with E-state index in [1.165, 1.54) is 0 Å². The van der Waals surface area contributed by atoms with Gasteiger partial charge in [0.15, 0.2) is 9.84 Å². The fourth-order valence-corrected chi connectivity index (χ4v) is 2.85. The fourth-order valence-electron chi connectivity index (χ4n) is 1.59. The maximum absolute atomic E-state index is 12.0. The molecule has 0 saturated heterocycles. The largest absolute Gasteiger partial charge is 0.309 e. The van der Waals surface area contributed by atoms with E-state index < -0.39 is 14.6 Å². The van der Waals surface area contributed by atoms with Crippen molar-refractivity contribution in [2.75, 3.05) is 12.3 Å². The predicted octanol–water partition coefficient (Wildman–Crippen LogP) is 3.31. The molecular weight excluding hydrogens is 326 g/mol. The SMILES string of the molecule is C[C@@H](NCCS(=O)(=O)C(C)(C)C)c1ccc(Br)cc1. The molecule has 0 spiro atoms. The first-order valence-corrected chi connectivity index (χ1v) is 8.79. The van der Waals surface area contributed by atoms with E-state index in [0.29, 0.717) is 6.54 Å². The number of hydrogen-bond donors (Lipinski definition) is 1. The van der Waals surface area contributed by atoms with Crippen molar-refractivity contribution in [1.29, 1.82) is 0 Å². The van der Waals surface area contributed by atoms with Crippen molar-refractivity contribution in [2.45, 2.75) is 38.5 Å². The second-order valence-corrected chi connectivity index (χ2v) is 9.44. The average molecular weight is 348 g/mol. The van der Waals surface area contributed by atoms with Crippen LogP contribution < -0.4 is 5.32 Å². The van der Waals surface area contributed by atoms with Gasteiger partial charge in [-0.3, -0.25) is 0 Å². The lowest BCUT2D eigenvalue weighted by atomic mass is 10.1. The van der Waals surface area contributed by atoms with Crippen LogP contribution in [0.1, 0.15) is 39.3 Å². The van der Waals surface area contributed by atoms with Crippen LogP contribution in [-0.2, 0) is 9.84 Å². The van der Waals surface area contributed by atoms with Gasteiger partial charge in [-0.2, -0.15) is 0 Å². The molecule has 1 aromatic rings. The summed E-state index contributed by atoms with van der Waals surface area (Å²) in [6.07, 6.45) is 0. The number of benzene rings is 1. The molecule has 0 bridgehead atoms. The minimum absolute atomic E-state index is 0.142. The molecule has 0 aromatic heterocycles. The second-order valence-electron chi connectivity index (χ2n) is 5.66. The first kappa shape index (κ1) is 16.7. The van der Waals surface area contributed by atoms with Crippen molar-refractivity contribution >= 4 is 25.8 Å². The van der Waals surface area contributed by atoms with Gasteiger partial charge in [-0.25, -0.2) is 8.42 Å². The second kappa shape index (κ2) is 6.37. The normalized spacial score (nSPS) is 14.4. The highest BCUT2D eigenvalue weighted by atomic mass is 79.9. The zero-order valence-electron chi connectivity index (χ0n) is 11.9. The van der Waals surface area contributed by atoms with Crippen LogP contribution >= 0.6 is 15.9 Å². The molecule has 0 saturated carbocycles. The summed E-state index contributed by atoms with van der Waals surface area (Å²) in [5, 5.41) is 3.25. The molecule has 19 heavy (non-hydrogen) atoms. The molecule has 0 aliphatic rings. The molecule has 1 rings (SSSR count). The highest BCUT2D eigenvalue weighted by Gasteiger charge is 2.28. The topological polar surface area (TPSA) is 46.2 Å². The molecule has 5 heteroatoms. The van der Waals surface area contributed by atoms with Crippen molar-refractivity contribution < 1.29 is 8.42 Å². The van der Waals surface area contributed by atoms with Gasteiger partial charge in [0.05, 0.1) is 10.5 Å². The van der Waals surface area contributed by atoms with Gasteiger partial charge >= 0.3 is 0 Å². The third kappa shape index (κ3) is 4.89. The van der Waals surface area contributed by atoms with Gasteiger partial charge in [0.25, 0.3) is 0 Å². The summed E-state index contributed by atoms with van der Waals surface area (Å²) in [7, 11) is -3.05. The third-order valence-corrected chi connectivity index (χ3v) is 6.26. The van der Waals surface area contributed by atoms with Crippen LogP contribution in [0.5, 0.6) is 0 Å². The minimum atomic E-state index is -3.05. The van der Waals surface area contributed by atoms with Gasteiger partial charge < -0.3 is 5.32 Å². The smallest absolute Gasteiger partial charge is 0.156 e. The molecule has 3 nitrogen and oxygen atoms in total. The van der Waals surface area contributed by atoms with Gasteiger partial charge in [0.2, 0.25) is 0 Å². The molecule has 108 valence electrons. The number of hydrogen-bond acceptors (Lipinski definition) is 3. The molecule has 0 radical (unpaired) electrons. The summed E-state index contributed by atoms with van der Waals surface area (Å²) in [6, 6.07) is 8.17. The molecule has 1 atom stereocenters. The molecule has 0 unspecified atom stereocenters. The summed E-state index contributed by atoms with van der Waals surface area (Å²) in [5.41, 5.74) is 1.15. The maximum atomic E-state index is 12.0. The van der Waals surface area contributed by atoms with Crippen molar-refractivity contribution in [3.05, 3.63) is 34.3 Å². The Balaban J connectivity index is 2.52. The Hall–Kier alpha value is -0.390. The van der Waals surface area contributed by atoms with E-state index in [2.05, 4.69) is 21.2 Å². The predicted molar refractivity (Wildman–Crippen MR) is 84.1 cm³/mol. The monoisotopic (exact) mass is 347 g/mol. The van der Waals surface area contributed by atoms with E-state index in [-0.39, 0.29) is 11.8 Å². The van der Waals surface area contributed by atoms with E-state index in [1.807, 2.05) is 31.2 Å². The Labute approximate surface area is 124 Å². The Kier molecular flexibility index (Phi) is 5.59. The van der Waals surface area contributed by atoms with Crippen LogP contribution in [0.4, 0.5) is 0 Å². The van der Waals surface area contributed by atoms with E-state index in [0.717, 1.165) is 10.0 Å². The quantitative estimate of drug-likeness (QED) is 0.888. The standard InChI is InChI=1S/C14H22BrNO2S/c1-11(12-5-7-13(15)8-6-12)16-9-10-19(17,18)14(2,3)4/h5-8,11,16H,9-10H2,1-4H3/t11-/m1/s1. The summed E-state index contributed by atoms with van der Waals surface area (Å²) >= 11 is 3.40. The molecule has 0 fully saturated rings. The van der Waals surface area contributed by atoms with Crippen molar-refractivity contribution in [1.82, 2.24) is 5.32 Å².